The quantitative estimate of drug-likeness (QED) is 0.375. The van der Waals surface area contributed by atoms with Crippen molar-refractivity contribution in [3.63, 3.8) is 0 Å². The van der Waals surface area contributed by atoms with E-state index in [0.717, 1.165) is 0 Å². The summed E-state index contributed by atoms with van der Waals surface area (Å²) in [5, 5.41) is 4.88. The van der Waals surface area contributed by atoms with Crippen LogP contribution in [0.2, 0.25) is 5.02 Å². The predicted octanol–water partition coefficient (Wildman–Crippen LogP) is 5.66. The number of pyridine rings is 1. The molecule has 1 amide bonds. The molecular weight excluding hydrogens is 455 g/mol. The number of anilines is 1. The van der Waals surface area contributed by atoms with Crippen LogP contribution in [0.3, 0.4) is 0 Å². The molecule has 0 aliphatic rings. The maximum absolute atomic E-state index is 13.3. The first-order valence-electron chi connectivity index (χ1n) is 10.1. The second kappa shape index (κ2) is 8.82. The van der Waals surface area contributed by atoms with Crippen LogP contribution in [-0.4, -0.2) is 38.2 Å². The van der Waals surface area contributed by atoms with Crippen molar-refractivity contribution in [1.82, 2.24) is 19.6 Å². The Morgan fingerprint density at radius 1 is 1.09 bits per heavy atom. The molecule has 3 aromatic heterocycles. The minimum absolute atomic E-state index is 0.105. The molecule has 0 spiro atoms. The molecule has 33 heavy (non-hydrogen) atoms. The van der Waals surface area contributed by atoms with Crippen molar-refractivity contribution in [3.8, 4) is 22.5 Å². The van der Waals surface area contributed by atoms with Gasteiger partial charge in [-0.1, -0.05) is 37.6 Å². The Bertz CT molecular complexity index is 1320. The average Bonchev–Trinajstić information content (AvgIpc) is 3.16. The van der Waals surface area contributed by atoms with Gasteiger partial charge >= 0.3 is 12.1 Å². The summed E-state index contributed by atoms with van der Waals surface area (Å²) in [4.78, 5) is 21.5. The lowest BCUT2D eigenvalue weighted by molar-refractivity contribution is -0.170. The van der Waals surface area contributed by atoms with Crippen LogP contribution >= 0.6 is 11.6 Å². The van der Waals surface area contributed by atoms with Crippen LogP contribution in [-0.2, 0) is 4.79 Å². The second-order valence-corrected chi connectivity index (χ2v) is 8.26. The van der Waals surface area contributed by atoms with E-state index in [0.29, 0.717) is 38.1 Å². The van der Waals surface area contributed by atoms with Crippen molar-refractivity contribution >= 4 is 29.0 Å². The molecule has 0 atom stereocenters. The van der Waals surface area contributed by atoms with Crippen LogP contribution < -0.4 is 4.90 Å². The molecule has 0 saturated heterocycles. The molecule has 0 N–H and O–H groups in total. The number of amides is 1. The fourth-order valence-electron chi connectivity index (χ4n) is 3.50. The minimum atomic E-state index is -5.02. The molecule has 4 rings (SSSR count). The molecule has 0 radical (unpaired) electrons. The third-order valence-electron chi connectivity index (χ3n) is 4.82. The summed E-state index contributed by atoms with van der Waals surface area (Å²) in [6.07, 6.45) is -2.07. The number of halogens is 4. The molecule has 0 aliphatic carbocycles. The number of imidazole rings is 1. The normalized spacial score (nSPS) is 11.8. The van der Waals surface area contributed by atoms with Crippen LogP contribution in [0.15, 0.2) is 60.9 Å². The molecule has 10 heteroatoms. The third-order valence-corrected chi connectivity index (χ3v) is 5.06. The molecule has 0 bridgehead atoms. The Morgan fingerprint density at radius 3 is 2.58 bits per heavy atom. The second-order valence-electron chi connectivity index (χ2n) is 7.82. The fourth-order valence-corrected chi connectivity index (χ4v) is 3.69. The molecule has 0 saturated carbocycles. The lowest BCUT2D eigenvalue weighted by Crippen LogP contribution is -2.43. The summed E-state index contributed by atoms with van der Waals surface area (Å²) in [5.74, 6) is -2.28. The van der Waals surface area contributed by atoms with E-state index in [1.54, 1.807) is 61.0 Å². The van der Waals surface area contributed by atoms with Crippen molar-refractivity contribution in [2.45, 2.75) is 20.0 Å². The zero-order chi connectivity index (χ0) is 23.8. The van der Waals surface area contributed by atoms with E-state index in [9.17, 15) is 18.0 Å². The van der Waals surface area contributed by atoms with E-state index in [1.807, 2.05) is 6.07 Å². The summed E-state index contributed by atoms with van der Waals surface area (Å²) < 4.78 is 41.4. The number of carbonyl (C=O) groups is 1. The van der Waals surface area contributed by atoms with Gasteiger partial charge < -0.3 is 0 Å². The highest BCUT2D eigenvalue weighted by atomic mass is 35.5. The molecule has 0 aliphatic heterocycles. The highest BCUT2D eigenvalue weighted by Gasteiger charge is 2.43. The number of carbonyl (C=O) groups excluding carboxylic acids is 1. The molecule has 0 unspecified atom stereocenters. The summed E-state index contributed by atoms with van der Waals surface area (Å²) in [5.41, 5.74) is 2.86. The van der Waals surface area contributed by atoms with Gasteiger partial charge in [-0.3, -0.25) is 9.69 Å². The van der Waals surface area contributed by atoms with Crippen LogP contribution in [0, 0.1) is 5.92 Å². The summed E-state index contributed by atoms with van der Waals surface area (Å²) in [7, 11) is 0. The summed E-state index contributed by atoms with van der Waals surface area (Å²) in [6, 6.07) is 13.7. The smallest absolute Gasteiger partial charge is 0.289 e. The first-order valence-corrected chi connectivity index (χ1v) is 10.5. The monoisotopic (exact) mass is 473 g/mol. The van der Waals surface area contributed by atoms with Gasteiger partial charge in [-0.05, 0) is 42.3 Å². The first-order chi connectivity index (χ1) is 15.6. The lowest BCUT2D eigenvalue weighted by atomic mass is 10.1. The fraction of sp³-hybridized carbons (Fsp3) is 0.217. The van der Waals surface area contributed by atoms with Gasteiger partial charge in [-0.2, -0.15) is 18.3 Å². The van der Waals surface area contributed by atoms with Gasteiger partial charge in [0.1, 0.15) is 11.5 Å². The number of alkyl halides is 3. The number of nitrogens with zero attached hydrogens (tertiary/aromatic N) is 5. The number of hydrogen-bond donors (Lipinski definition) is 0. The standard InChI is InChI=1S/C23H19ClF3N5O/c1-14(2)13-31(22(33)23(25,26)27)19-12-16(8-10-28-19)21-20(15-5-3-6-17(24)11-15)30-18-7-4-9-29-32(18)21/h3-12,14H,13H2,1-2H3. The highest BCUT2D eigenvalue weighted by Crippen LogP contribution is 2.35. The number of fused-ring (bicyclic) bond motifs is 1. The molecular formula is C23H19ClF3N5O. The Morgan fingerprint density at radius 2 is 1.88 bits per heavy atom. The van der Waals surface area contributed by atoms with Crippen molar-refractivity contribution in [3.05, 3.63) is 65.9 Å². The molecule has 170 valence electrons. The maximum Gasteiger partial charge on any atom is 0.471 e. The van der Waals surface area contributed by atoms with Gasteiger partial charge in [-0.15, -0.1) is 0 Å². The zero-order valence-electron chi connectivity index (χ0n) is 17.7. The van der Waals surface area contributed by atoms with E-state index in [1.165, 1.54) is 12.3 Å². The van der Waals surface area contributed by atoms with E-state index < -0.39 is 12.1 Å². The number of hydrogen-bond acceptors (Lipinski definition) is 4. The maximum atomic E-state index is 13.3. The Hall–Kier alpha value is -3.46. The van der Waals surface area contributed by atoms with Gasteiger partial charge in [0.25, 0.3) is 0 Å². The average molecular weight is 474 g/mol. The Labute approximate surface area is 192 Å². The van der Waals surface area contributed by atoms with Crippen molar-refractivity contribution in [2.24, 2.45) is 5.92 Å². The van der Waals surface area contributed by atoms with Crippen molar-refractivity contribution in [2.75, 3.05) is 11.4 Å². The van der Waals surface area contributed by atoms with Crippen molar-refractivity contribution in [1.29, 1.82) is 0 Å². The number of benzene rings is 1. The van der Waals surface area contributed by atoms with E-state index in [-0.39, 0.29) is 18.3 Å². The van der Waals surface area contributed by atoms with Gasteiger partial charge in [0.05, 0.1) is 5.69 Å². The Balaban J connectivity index is 1.90. The topological polar surface area (TPSA) is 63.4 Å². The van der Waals surface area contributed by atoms with Crippen molar-refractivity contribution < 1.29 is 18.0 Å². The number of aromatic nitrogens is 4. The van der Waals surface area contributed by atoms with Gasteiger partial charge in [-0.25, -0.2) is 14.5 Å². The van der Waals surface area contributed by atoms with Gasteiger partial charge in [0.2, 0.25) is 0 Å². The first kappa shape index (κ1) is 22.7. The molecule has 1 aromatic carbocycles. The number of rotatable bonds is 5. The largest absolute Gasteiger partial charge is 0.471 e. The molecule has 3 heterocycles. The van der Waals surface area contributed by atoms with Crippen LogP contribution in [0.25, 0.3) is 28.2 Å². The van der Waals surface area contributed by atoms with Crippen LogP contribution in [0.1, 0.15) is 13.8 Å². The van der Waals surface area contributed by atoms with Crippen LogP contribution in [0.4, 0.5) is 19.0 Å². The minimum Gasteiger partial charge on any atom is -0.289 e. The van der Waals surface area contributed by atoms with Crippen LogP contribution in [0.5, 0.6) is 0 Å². The molecule has 6 nitrogen and oxygen atoms in total. The van der Waals surface area contributed by atoms with E-state index in [2.05, 4.69) is 15.1 Å². The van der Waals surface area contributed by atoms with E-state index in [4.69, 9.17) is 11.6 Å². The predicted molar refractivity (Wildman–Crippen MR) is 120 cm³/mol. The van der Waals surface area contributed by atoms with E-state index >= 15 is 0 Å². The van der Waals surface area contributed by atoms with Gasteiger partial charge in [0.15, 0.2) is 5.65 Å². The summed E-state index contributed by atoms with van der Waals surface area (Å²) in [6.45, 7) is 3.32. The third kappa shape index (κ3) is 4.68. The SMILES string of the molecule is CC(C)CN(C(=O)C(F)(F)F)c1cc(-c2c(-c3cccc(Cl)c3)nc3cccnn23)ccn1. The Kier molecular flexibility index (Phi) is 6.07. The zero-order valence-corrected chi connectivity index (χ0v) is 18.5. The molecule has 4 aromatic rings. The highest BCUT2D eigenvalue weighted by molar-refractivity contribution is 6.30. The van der Waals surface area contributed by atoms with Gasteiger partial charge in [0, 0.05) is 35.1 Å². The lowest BCUT2D eigenvalue weighted by Gasteiger charge is -2.25. The summed E-state index contributed by atoms with van der Waals surface area (Å²) >= 11 is 6.17. The molecule has 0 fully saturated rings.